The number of amides is 1. The van der Waals surface area contributed by atoms with Crippen LogP contribution < -0.4 is 10.2 Å². The van der Waals surface area contributed by atoms with Crippen molar-refractivity contribution in [3.8, 4) is 11.8 Å². The summed E-state index contributed by atoms with van der Waals surface area (Å²) in [5.74, 6) is 6.18. The Morgan fingerprint density at radius 3 is 2.74 bits per heavy atom. The number of nitrogens with zero attached hydrogens (tertiary/aromatic N) is 1. The molecule has 102 valence electrons. The molecule has 1 N–H and O–H groups in total. The van der Waals surface area contributed by atoms with Gasteiger partial charge in [0.2, 0.25) is 5.91 Å². The number of hydrogen-bond acceptors (Lipinski definition) is 2. The molecule has 0 saturated heterocycles. The summed E-state index contributed by atoms with van der Waals surface area (Å²) in [6.07, 6.45) is 2.56. The smallest absolute Gasteiger partial charge is 0.220 e. The van der Waals surface area contributed by atoms with Crippen LogP contribution in [0.2, 0.25) is 0 Å². The third-order valence-electron chi connectivity index (χ3n) is 2.74. The first-order valence-electron chi connectivity index (χ1n) is 6.67. The maximum Gasteiger partial charge on any atom is 0.220 e. The Morgan fingerprint density at radius 2 is 2.05 bits per heavy atom. The fraction of sp³-hybridized carbons (Fsp3) is 0.438. The SMILES string of the molecule is CCCCC(=O)NCC#Cc1ccccc1N(C)C. The molecule has 3 nitrogen and oxygen atoms in total. The van der Waals surface area contributed by atoms with Gasteiger partial charge in [0, 0.05) is 26.1 Å². The Hall–Kier alpha value is -1.95. The Morgan fingerprint density at radius 1 is 1.32 bits per heavy atom. The molecule has 0 atom stereocenters. The molecule has 3 heteroatoms. The van der Waals surface area contributed by atoms with Crippen LogP contribution in [-0.4, -0.2) is 26.5 Å². The molecule has 0 aliphatic heterocycles. The summed E-state index contributed by atoms with van der Waals surface area (Å²) in [7, 11) is 3.99. The van der Waals surface area contributed by atoms with Crippen molar-refractivity contribution >= 4 is 11.6 Å². The maximum atomic E-state index is 11.4. The molecule has 0 aliphatic rings. The van der Waals surface area contributed by atoms with Gasteiger partial charge in [0.05, 0.1) is 12.2 Å². The first-order chi connectivity index (χ1) is 9.15. The van der Waals surface area contributed by atoms with Crippen molar-refractivity contribution < 1.29 is 4.79 Å². The van der Waals surface area contributed by atoms with E-state index in [9.17, 15) is 4.79 Å². The Balaban J connectivity index is 2.52. The third kappa shape index (κ3) is 5.48. The number of nitrogens with one attached hydrogen (secondary N) is 1. The van der Waals surface area contributed by atoms with E-state index in [0.29, 0.717) is 13.0 Å². The molecule has 0 heterocycles. The molecule has 19 heavy (non-hydrogen) atoms. The molecule has 1 aromatic carbocycles. The van der Waals surface area contributed by atoms with Gasteiger partial charge in [0.15, 0.2) is 0 Å². The van der Waals surface area contributed by atoms with E-state index >= 15 is 0 Å². The number of para-hydroxylation sites is 1. The van der Waals surface area contributed by atoms with Crippen LogP contribution in [0.5, 0.6) is 0 Å². The van der Waals surface area contributed by atoms with Crippen LogP contribution in [0.4, 0.5) is 5.69 Å². The van der Waals surface area contributed by atoms with Gasteiger partial charge < -0.3 is 10.2 Å². The number of rotatable bonds is 5. The van der Waals surface area contributed by atoms with E-state index in [2.05, 4.69) is 24.1 Å². The van der Waals surface area contributed by atoms with Crippen molar-refractivity contribution in [2.24, 2.45) is 0 Å². The fourth-order valence-electron chi connectivity index (χ4n) is 1.68. The van der Waals surface area contributed by atoms with Gasteiger partial charge in [-0.2, -0.15) is 0 Å². The minimum Gasteiger partial charge on any atom is -0.377 e. The highest BCUT2D eigenvalue weighted by Crippen LogP contribution is 2.16. The van der Waals surface area contributed by atoms with E-state index < -0.39 is 0 Å². The van der Waals surface area contributed by atoms with Gasteiger partial charge in [-0.05, 0) is 18.6 Å². The molecular formula is C16H22N2O. The van der Waals surface area contributed by atoms with Crippen LogP contribution in [0, 0.1) is 11.8 Å². The van der Waals surface area contributed by atoms with Gasteiger partial charge in [0.25, 0.3) is 0 Å². The number of carbonyl (C=O) groups excluding carboxylic acids is 1. The monoisotopic (exact) mass is 258 g/mol. The van der Waals surface area contributed by atoms with Gasteiger partial charge in [-0.1, -0.05) is 37.3 Å². The van der Waals surface area contributed by atoms with Gasteiger partial charge in [-0.3, -0.25) is 4.79 Å². The van der Waals surface area contributed by atoms with Crippen molar-refractivity contribution in [2.45, 2.75) is 26.2 Å². The zero-order valence-corrected chi connectivity index (χ0v) is 12.0. The van der Waals surface area contributed by atoms with Crippen LogP contribution >= 0.6 is 0 Å². The molecule has 0 spiro atoms. The standard InChI is InChI=1S/C16H22N2O/c1-4-5-12-16(19)17-13-8-10-14-9-6-7-11-15(14)18(2)3/h6-7,9,11H,4-5,12-13H2,1-3H3,(H,17,19). The van der Waals surface area contributed by atoms with E-state index in [4.69, 9.17) is 0 Å². The summed E-state index contributed by atoms with van der Waals surface area (Å²) < 4.78 is 0. The molecular weight excluding hydrogens is 236 g/mol. The highest BCUT2D eigenvalue weighted by atomic mass is 16.1. The first kappa shape index (κ1) is 15.1. The molecule has 0 aliphatic carbocycles. The number of benzene rings is 1. The summed E-state index contributed by atoms with van der Waals surface area (Å²) in [5, 5.41) is 2.81. The predicted octanol–water partition coefficient (Wildman–Crippen LogP) is 2.41. The maximum absolute atomic E-state index is 11.4. The summed E-state index contributed by atoms with van der Waals surface area (Å²) in [5.41, 5.74) is 2.07. The van der Waals surface area contributed by atoms with Crippen LogP contribution in [0.25, 0.3) is 0 Å². The second-order valence-electron chi connectivity index (χ2n) is 4.59. The highest BCUT2D eigenvalue weighted by molar-refractivity contribution is 5.76. The van der Waals surface area contributed by atoms with E-state index in [1.807, 2.05) is 43.3 Å². The van der Waals surface area contributed by atoms with Crippen molar-refractivity contribution in [1.82, 2.24) is 5.32 Å². The summed E-state index contributed by atoms with van der Waals surface area (Å²) in [6.45, 7) is 2.48. The van der Waals surface area contributed by atoms with Gasteiger partial charge in [-0.25, -0.2) is 0 Å². The molecule has 1 aromatic rings. The van der Waals surface area contributed by atoms with Crippen LogP contribution in [-0.2, 0) is 4.79 Å². The van der Waals surface area contributed by atoms with Crippen LogP contribution in [0.3, 0.4) is 0 Å². The van der Waals surface area contributed by atoms with E-state index in [-0.39, 0.29) is 5.91 Å². The zero-order chi connectivity index (χ0) is 14.1. The molecule has 1 amide bonds. The minimum atomic E-state index is 0.0806. The quantitative estimate of drug-likeness (QED) is 0.823. The van der Waals surface area contributed by atoms with Crippen molar-refractivity contribution in [3.05, 3.63) is 29.8 Å². The molecule has 0 aromatic heterocycles. The van der Waals surface area contributed by atoms with Crippen molar-refractivity contribution in [2.75, 3.05) is 25.5 Å². The predicted molar refractivity (Wildman–Crippen MR) is 80.2 cm³/mol. The normalized spacial score (nSPS) is 9.42. The third-order valence-corrected chi connectivity index (χ3v) is 2.74. The topological polar surface area (TPSA) is 32.3 Å². The molecule has 0 radical (unpaired) electrons. The van der Waals surface area contributed by atoms with E-state index in [1.54, 1.807) is 0 Å². The summed E-state index contributed by atoms with van der Waals surface area (Å²) in [6, 6.07) is 7.98. The average Bonchev–Trinajstić information content (AvgIpc) is 2.41. The van der Waals surface area contributed by atoms with Gasteiger partial charge in [-0.15, -0.1) is 0 Å². The number of unbranched alkanes of at least 4 members (excludes halogenated alkanes) is 1. The van der Waals surface area contributed by atoms with E-state index in [1.165, 1.54) is 0 Å². The van der Waals surface area contributed by atoms with Crippen LogP contribution in [0.1, 0.15) is 31.7 Å². The summed E-state index contributed by atoms with van der Waals surface area (Å²) >= 11 is 0. The Bertz CT molecular complexity index is 469. The fourth-order valence-corrected chi connectivity index (χ4v) is 1.68. The van der Waals surface area contributed by atoms with Crippen LogP contribution in [0.15, 0.2) is 24.3 Å². The Kier molecular flexibility index (Phi) is 6.52. The van der Waals surface area contributed by atoms with Crippen molar-refractivity contribution in [1.29, 1.82) is 0 Å². The molecule has 1 rings (SSSR count). The lowest BCUT2D eigenvalue weighted by molar-refractivity contribution is -0.120. The van der Waals surface area contributed by atoms with Gasteiger partial charge >= 0.3 is 0 Å². The second-order valence-corrected chi connectivity index (χ2v) is 4.59. The number of carbonyl (C=O) groups is 1. The minimum absolute atomic E-state index is 0.0806. The number of hydrogen-bond donors (Lipinski definition) is 1. The van der Waals surface area contributed by atoms with Crippen molar-refractivity contribution in [3.63, 3.8) is 0 Å². The highest BCUT2D eigenvalue weighted by Gasteiger charge is 2.00. The average molecular weight is 258 g/mol. The zero-order valence-electron chi connectivity index (χ0n) is 12.0. The lowest BCUT2D eigenvalue weighted by Gasteiger charge is -2.13. The molecule has 0 saturated carbocycles. The van der Waals surface area contributed by atoms with E-state index in [0.717, 1.165) is 24.1 Å². The summed E-state index contributed by atoms with van der Waals surface area (Å²) in [4.78, 5) is 13.4. The molecule has 0 unspecified atom stereocenters. The largest absolute Gasteiger partial charge is 0.377 e. The lowest BCUT2D eigenvalue weighted by Crippen LogP contribution is -2.23. The first-order valence-corrected chi connectivity index (χ1v) is 6.67. The second kappa shape index (κ2) is 8.20. The molecule has 0 bridgehead atoms. The Labute approximate surface area is 116 Å². The lowest BCUT2D eigenvalue weighted by atomic mass is 10.1. The van der Waals surface area contributed by atoms with Gasteiger partial charge in [0.1, 0.15) is 0 Å². The molecule has 0 fully saturated rings. The number of anilines is 1.